The van der Waals surface area contributed by atoms with Gasteiger partial charge >= 0.3 is 0 Å². The molecule has 1 N–H and O–H groups in total. The van der Waals surface area contributed by atoms with Crippen molar-refractivity contribution in [3.63, 3.8) is 0 Å². The molecule has 186 valence electrons. The zero-order valence-electron chi connectivity index (χ0n) is 19.8. The Morgan fingerprint density at radius 1 is 0.971 bits per heavy atom. The summed E-state index contributed by atoms with van der Waals surface area (Å²) in [6, 6.07) is 12.5. The summed E-state index contributed by atoms with van der Waals surface area (Å²) in [7, 11) is -3.85. The van der Waals surface area contributed by atoms with Crippen molar-refractivity contribution in [3.8, 4) is 0 Å². The van der Waals surface area contributed by atoms with Crippen LogP contribution in [-0.4, -0.2) is 50.0 Å². The number of carbonyl (C=O) groups excluding carboxylic acids is 2. The van der Waals surface area contributed by atoms with Crippen LogP contribution in [0.25, 0.3) is 0 Å². The van der Waals surface area contributed by atoms with Gasteiger partial charge in [0.2, 0.25) is 21.8 Å². The molecule has 34 heavy (non-hydrogen) atoms. The molecule has 2 atom stereocenters. The third-order valence-electron chi connectivity index (χ3n) is 5.49. The Morgan fingerprint density at radius 2 is 1.56 bits per heavy atom. The van der Waals surface area contributed by atoms with E-state index in [-0.39, 0.29) is 29.2 Å². The van der Waals surface area contributed by atoms with Crippen LogP contribution >= 0.6 is 23.2 Å². The average molecular weight is 529 g/mol. The number of amides is 2. The van der Waals surface area contributed by atoms with E-state index >= 15 is 0 Å². The van der Waals surface area contributed by atoms with Gasteiger partial charge < -0.3 is 10.2 Å². The lowest BCUT2D eigenvalue weighted by molar-refractivity contribution is -0.140. The number of hydrogen-bond donors (Lipinski definition) is 1. The summed E-state index contributed by atoms with van der Waals surface area (Å²) in [6.45, 7) is 5.17. The molecule has 7 nitrogen and oxygen atoms in total. The minimum Gasteiger partial charge on any atom is -0.352 e. The van der Waals surface area contributed by atoms with Crippen molar-refractivity contribution in [1.29, 1.82) is 0 Å². The summed E-state index contributed by atoms with van der Waals surface area (Å²) >= 11 is 12.6. The standard InChI is InChI=1S/C24H31Cl2N3O4S/c1-5-17(3)27-24(31)21(6-2)28(15-18-11-7-8-12-19(18)25)23(30)16-29(34(4,32)33)22-14-10-9-13-20(22)26/h7-14,17,21H,5-6,15-16H2,1-4H3,(H,27,31)/t17-,21-/m0/s1. The van der Waals surface area contributed by atoms with Gasteiger partial charge in [0.05, 0.1) is 17.0 Å². The molecule has 2 aromatic carbocycles. The van der Waals surface area contributed by atoms with Crippen LogP contribution in [0.4, 0.5) is 5.69 Å². The molecule has 0 aliphatic carbocycles. The Morgan fingerprint density at radius 3 is 2.09 bits per heavy atom. The molecule has 0 saturated carbocycles. The van der Waals surface area contributed by atoms with Crippen LogP contribution in [0.5, 0.6) is 0 Å². The van der Waals surface area contributed by atoms with Crippen molar-refractivity contribution >= 4 is 50.7 Å². The molecule has 0 saturated heterocycles. The smallest absolute Gasteiger partial charge is 0.244 e. The molecule has 10 heteroatoms. The Bertz CT molecular complexity index is 1110. The van der Waals surface area contributed by atoms with Gasteiger partial charge in [-0.1, -0.05) is 67.4 Å². The second-order valence-corrected chi connectivity index (χ2v) is 10.8. The number of anilines is 1. The number of halogens is 2. The van der Waals surface area contributed by atoms with E-state index in [0.29, 0.717) is 17.0 Å². The summed E-state index contributed by atoms with van der Waals surface area (Å²) in [5.74, 6) is -0.850. The lowest BCUT2D eigenvalue weighted by atomic mass is 10.1. The SMILES string of the molecule is CC[C@H](C)NC(=O)[C@H](CC)N(Cc1ccccc1Cl)C(=O)CN(c1ccccc1Cl)S(C)(=O)=O. The highest BCUT2D eigenvalue weighted by Crippen LogP contribution is 2.28. The Kier molecular flexibility index (Phi) is 10.2. The number of carbonyl (C=O) groups is 2. The van der Waals surface area contributed by atoms with Crippen LogP contribution < -0.4 is 9.62 Å². The Labute approximate surface area is 212 Å². The monoisotopic (exact) mass is 527 g/mol. The number of benzene rings is 2. The molecular weight excluding hydrogens is 497 g/mol. The molecule has 0 heterocycles. The summed E-state index contributed by atoms with van der Waals surface area (Å²) in [5.41, 5.74) is 0.839. The molecule has 0 radical (unpaired) electrons. The number of nitrogens with zero attached hydrogens (tertiary/aromatic N) is 2. The number of hydrogen-bond acceptors (Lipinski definition) is 4. The van der Waals surface area contributed by atoms with E-state index in [0.717, 1.165) is 17.0 Å². The first-order chi connectivity index (χ1) is 16.0. The van der Waals surface area contributed by atoms with Crippen LogP contribution in [0.3, 0.4) is 0 Å². The molecule has 0 fully saturated rings. The van der Waals surface area contributed by atoms with Crippen LogP contribution in [0.15, 0.2) is 48.5 Å². The minimum absolute atomic E-state index is 0.0467. The van der Waals surface area contributed by atoms with Gasteiger partial charge in [-0.15, -0.1) is 0 Å². The summed E-state index contributed by atoms with van der Waals surface area (Å²) in [4.78, 5) is 28.1. The summed E-state index contributed by atoms with van der Waals surface area (Å²) in [5, 5.41) is 3.56. The fraction of sp³-hybridized carbons (Fsp3) is 0.417. The van der Waals surface area contributed by atoms with Gasteiger partial charge in [0.25, 0.3) is 0 Å². The number of sulfonamides is 1. The molecule has 0 aliphatic rings. The highest BCUT2D eigenvalue weighted by molar-refractivity contribution is 7.92. The molecule has 0 aromatic heterocycles. The first kappa shape index (κ1) is 28.0. The average Bonchev–Trinajstić information content (AvgIpc) is 2.78. The minimum atomic E-state index is -3.85. The van der Waals surface area contributed by atoms with Crippen molar-refractivity contribution in [2.45, 2.75) is 52.2 Å². The zero-order valence-corrected chi connectivity index (χ0v) is 22.1. The summed E-state index contributed by atoms with van der Waals surface area (Å²) < 4.78 is 26.2. The van der Waals surface area contributed by atoms with Crippen LogP contribution in [0, 0.1) is 0 Å². The second-order valence-electron chi connectivity index (χ2n) is 8.08. The van der Waals surface area contributed by atoms with Gasteiger partial charge in [0.15, 0.2) is 0 Å². The van der Waals surface area contributed by atoms with Gasteiger partial charge in [-0.25, -0.2) is 8.42 Å². The fourth-order valence-electron chi connectivity index (χ4n) is 3.42. The largest absolute Gasteiger partial charge is 0.352 e. The number of para-hydroxylation sites is 1. The highest BCUT2D eigenvalue weighted by atomic mass is 35.5. The van der Waals surface area contributed by atoms with Gasteiger partial charge in [0.1, 0.15) is 12.6 Å². The van der Waals surface area contributed by atoms with Gasteiger partial charge in [-0.3, -0.25) is 13.9 Å². The van der Waals surface area contributed by atoms with Gasteiger partial charge in [0, 0.05) is 17.6 Å². The third-order valence-corrected chi connectivity index (χ3v) is 7.30. The molecular formula is C24H31Cl2N3O4S. The molecule has 0 unspecified atom stereocenters. The highest BCUT2D eigenvalue weighted by Gasteiger charge is 2.32. The lowest BCUT2D eigenvalue weighted by Crippen LogP contribution is -2.53. The maximum atomic E-state index is 13.6. The first-order valence-corrected chi connectivity index (χ1v) is 13.6. The van der Waals surface area contributed by atoms with E-state index in [1.165, 1.54) is 11.0 Å². The molecule has 0 aliphatic heterocycles. The van der Waals surface area contributed by atoms with E-state index in [1.54, 1.807) is 49.4 Å². The van der Waals surface area contributed by atoms with E-state index < -0.39 is 28.5 Å². The molecule has 0 bridgehead atoms. The second kappa shape index (κ2) is 12.4. The molecule has 2 rings (SSSR count). The van der Waals surface area contributed by atoms with Gasteiger partial charge in [-0.2, -0.15) is 0 Å². The fourth-order valence-corrected chi connectivity index (χ4v) is 4.76. The van der Waals surface area contributed by atoms with Crippen LogP contribution in [0.2, 0.25) is 10.0 Å². The first-order valence-electron chi connectivity index (χ1n) is 11.0. The molecule has 2 aromatic rings. The van der Waals surface area contributed by atoms with Crippen molar-refractivity contribution < 1.29 is 18.0 Å². The Hall–Kier alpha value is -2.29. The molecule has 2 amide bonds. The Balaban J connectivity index is 2.47. The van der Waals surface area contributed by atoms with Crippen LogP contribution in [0.1, 0.15) is 39.2 Å². The topological polar surface area (TPSA) is 86.8 Å². The van der Waals surface area contributed by atoms with Crippen molar-refractivity contribution in [2.24, 2.45) is 0 Å². The van der Waals surface area contributed by atoms with E-state index in [1.807, 2.05) is 13.8 Å². The predicted octanol–water partition coefficient (Wildman–Crippen LogP) is 4.48. The van der Waals surface area contributed by atoms with E-state index in [9.17, 15) is 18.0 Å². The molecule has 0 spiro atoms. The lowest BCUT2D eigenvalue weighted by Gasteiger charge is -2.33. The third kappa shape index (κ3) is 7.35. The maximum absolute atomic E-state index is 13.6. The number of nitrogens with one attached hydrogen (secondary N) is 1. The van der Waals surface area contributed by atoms with Gasteiger partial charge in [-0.05, 0) is 43.5 Å². The van der Waals surface area contributed by atoms with Crippen molar-refractivity contribution in [2.75, 3.05) is 17.1 Å². The van der Waals surface area contributed by atoms with Crippen molar-refractivity contribution in [1.82, 2.24) is 10.2 Å². The quantitative estimate of drug-likeness (QED) is 0.466. The summed E-state index contributed by atoms with van der Waals surface area (Å²) in [6.07, 6.45) is 2.08. The normalized spacial score (nSPS) is 13.1. The van der Waals surface area contributed by atoms with Crippen LogP contribution in [-0.2, 0) is 26.2 Å². The van der Waals surface area contributed by atoms with E-state index in [4.69, 9.17) is 23.2 Å². The number of rotatable bonds is 11. The zero-order chi connectivity index (χ0) is 25.5. The van der Waals surface area contributed by atoms with Crippen molar-refractivity contribution in [3.05, 3.63) is 64.1 Å². The van der Waals surface area contributed by atoms with E-state index in [2.05, 4.69) is 5.32 Å². The maximum Gasteiger partial charge on any atom is 0.244 e. The predicted molar refractivity (Wildman–Crippen MR) is 138 cm³/mol.